The summed E-state index contributed by atoms with van der Waals surface area (Å²) >= 11 is 0. The Balaban J connectivity index is 0.949. The van der Waals surface area contributed by atoms with E-state index in [-0.39, 0.29) is 5.41 Å². The molecule has 0 N–H and O–H groups in total. The predicted octanol–water partition coefficient (Wildman–Crippen LogP) is 15.3. The number of fused-ring (bicyclic) bond motifs is 6. The molecular formula is C61H48N4. The number of aromatic nitrogens is 4. The van der Waals surface area contributed by atoms with Gasteiger partial charge in [0.2, 0.25) is 0 Å². The number of allylic oxidation sites excluding steroid dienone is 8. The molecule has 2 unspecified atom stereocenters. The van der Waals surface area contributed by atoms with Gasteiger partial charge in [0.1, 0.15) is 0 Å². The fourth-order valence-electron chi connectivity index (χ4n) is 10.5. The average molecular weight is 837 g/mol. The smallest absolute Gasteiger partial charge is 0.160 e. The van der Waals surface area contributed by atoms with E-state index < -0.39 is 0 Å². The highest BCUT2D eigenvalue weighted by molar-refractivity contribution is 5.97. The molecule has 0 aliphatic heterocycles. The van der Waals surface area contributed by atoms with Crippen molar-refractivity contribution in [3.05, 3.63) is 234 Å². The van der Waals surface area contributed by atoms with Crippen molar-refractivity contribution in [1.29, 1.82) is 0 Å². The molecule has 0 fully saturated rings. The van der Waals surface area contributed by atoms with Crippen LogP contribution in [-0.4, -0.2) is 19.1 Å². The van der Waals surface area contributed by atoms with Crippen molar-refractivity contribution in [2.75, 3.05) is 0 Å². The Kier molecular flexibility index (Phi) is 9.41. The van der Waals surface area contributed by atoms with E-state index in [2.05, 4.69) is 211 Å². The number of hydrogen-bond donors (Lipinski definition) is 0. The minimum atomic E-state index is -0.219. The first-order valence-electron chi connectivity index (χ1n) is 22.9. The van der Waals surface area contributed by atoms with Crippen LogP contribution in [0.15, 0.2) is 200 Å². The minimum Gasteiger partial charge on any atom is -0.313 e. The Hall–Kier alpha value is -7.82. The summed E-state index contributed by atoms with van der Waals surface area (Å²) in [6.45, 7) is 4.79. The van der Waals surface area contributed by atoms with E-state index in [0.717, 1.165) is 58.9 Å². The maximum Gasteiger partial charge on any atom is 0.160 e. The van der Waals surface area contributed by atoms with Crippen LogP contribution >= 0.6 is 0 Å². The molecule has 3 aliphatic carbocycles. The summed E-state index contributed by atoms with van der Waals surface area (Å²) in [6, 6.07) is 58.8. The molecule has 0 bridgehead atoms. The molecule has 4 heteroatoms. The van der Waals surface area contributed by atoms with E-state index in [0.29, 0.717) is 5.92 Å². The summed E-state index contributed by atoms with van der Waals surface area (Å²) in [4.78, 5) is 10.3. The molecule has 2 atom stereocenters. The van der Waals surface area contributed by atoms with Gasteiger partial charge in [-0.2, -0.15) is 0 Å². The van der Waals surface area contributed by atoms with Crippen LogP contribution in [0, 0.1) is 0 Å². The number of para-hydroxylation sites is 1. The second-order valence-electron chi connectivity index (χ2n) is 18.0. The number of rotatable bonds is 7. The zero-order valence-corrected chi connectivity index (χ0v) is 36.7. The van der Waals surface area contributed by atoms with Crippen LogP contribution in [0.3, 0.4) is 0 Å². The summed E-state index contributed by atoms with van der Waals surface area (Å²) in [6.07, 6.45) is 21.4. The Bertz CT molecular complexity index is 3410. The number of hydrogen-bond acceptors (Lipinski definition) is 2. The van der Waals surface area contributed by atoms with E-state index in [9.17, 15) is 0 Å². The Morgan fingerprint density at radius 3 is 2.11 bits per heavy atom. The first kappa shape index (κ1) is 38.8. The second kappa shape index (κ2) is 15.8. The van der Waals surface area contributed by atoms with Crippen molar-refractivity contribution in [2.24, 2.45) is 0 Å². The predicted molar refractivity (Wildman–Crippen MR) is 272 cm³/mol. The van der Waals surface area contributed by atoms with Crippen molar-refractivity contribution >= 4 is 45.2 Å². The van der Waals surface area contributed by atoms with Gasteiger partial charge in [0, 0.05) is 61.6 Å². The molecule has 3 heterocycles. The molecular weight excluding hydrogens is 789 g/mol. The van der Waals surface area contributed by atoms with Crippen LogP contribution in [0.4, 0.5) is 0 Å². The van der Waals surface area contributed by atoms with E-state index >= 15 is 0 Å². The van der Waals surface area contributed by atoms with Crippen LogP contribution in [-0.2, 0) is 11.8 Å². The third kappa shape index (κ3) is 6.76. The molecule has 3 aliphatic rings. The molecule has 0 radical (unpaired) electrons. The van der Waals surface area contributed by atoms with Crippen LogP contribution in [0.1, 0.15) is 66.4 Å². The molecule has 312 valence electrons. The van der Waals surface area contributed by atoms with E-state index in [1.807, 2.05) is 24.3 Å². The summed E-state index contributed by atoms with van der Waals surface area (Å²) in [7, 11) is 0. The highest BCUT2D eigenvalue weighted by Crippen LogP contribution is 2.45. The highest BCUT2D eigenvalue weighted by Gasteiger charge is 2.33. The van der Waals surface area contributed by atoms with E-state index in [4.69, 9.17) is 9.97 Å². The van der Waals surface area contributed by atoms with Gasteiger partial charge in [-0.1, -0.05) is 172 Å². The zero-order chi connectivity index (χ0) is 43.5. The number of benzene rings is 6. The summed E-state index contributed by atoms with van der Waals surface area (Å²) in [5.41, 5.74) is 18.7. The van der Waals surface area contributed by atoms with Gasteiger partial charge in [-0.15, -0.1) is 0 Å². The van der Waals surface area contributed by atoms with E-state index in [1.165, 1.54) is 66.7 Å². The molecule has 65 heavy (non-hydrogen) atoms. The van der Waals surface area contributed by atoms with Gasteiger partial charge in [-0.3, -0.25) is 0 Å². The maximum atomic E-state index is 5.22. The van der Waals surface area contributed by atoms with Gasteiger partial charge in [0.25, 0.3) is 0 Å². The van der Waals surface area contributed by atoms with Crippen molar-refractivity contribution in [3.63, 3.8) is 0 Å². The highest BCUT2D eigenvalue weighted by atomic mass is 15.0. The lowest BCUT2D eigenvalue weighted by molar-refractivity contribution is 0.589. The molecule has 0 amide bonds. The quantitative estimate of drug-likeness (QED) is 0.160. The Morgan fingerprint density at radius 2 is 1.29 bits per heavy atom. The normalized spacial score (nSPS) is 17.7. The lowest BCUT2D eigenvalue weighted by Gasteiger charge is -2.31. The first-order chi connectivity index (χ1) is 32.0. The van der Waals surface area contributed by atoms with Gasteiger partial charge in [-0.25, -0.2) is 9.97 Å². The van der Waals surface area contributed by atoms with Gasteiger partial charge < -0.3 is 9.13 Å². The second-order valence-corrected chi connectivity index (χ2v) is 18.0. The number of nitrogens with zero attached hydrogens (tertiary/aromatic N) is 4. The first-order valence-corrected chi connectivity index (χ1v) is 22.9. The molecule has 0 saturated carbocycles. The van der Waals surface area contributed by atoms with Crippen molar-refractivity contribution < 1.29 is 0 Å². The molecule has 6 aromatic carbocycles. The zero-order valence-electron chi connectivity index (χ0n) is 36.7. The summed E-state index contributed by atoms with van der Waals surface area (Å²) < 4.78 is 4.99. The van der Waals surface area contributed by atoms with Crippen molar-refractivity contribution in [1.82, 2.24) is 19.1 Å². The minimum absolute atomic E-state index is 0.219. The monoisotopic (exact) mass is 836 g/mol. The standard InChI is InChI=1S/C61H48N4/c1-41-18-16-30-51-52-38-47(32-33-57(52)65(59(41)51)49-28-17-26-45(36-49)42-19-6-3-7-20-42)61(2)35-34-58-53(40-61)50-29-14-15-31-56(50)64(58)48-27-13-12-25-46(37-48)55-39-54(43-21-8-4-9-22-43)62-60(63-55)44-23-10-5-11-24-44/h3-11,13-17,19-39,41H,12,18,40H2,1-2H3. The fraction of sp³-hybridized carbons (Fsp3) is 0.115. The third-order valence-electron chi connectivity index (χ3n) is 13.8. The largest absolute Gasteiger partial charge is 0.313 e. The SMILES string of the molecule is CC1CC=Cc2c1n(-c1cccc(-c3ccccc3)c1)c1ccc(C3(C)C=Cc4c(c5ccccc5n4C4=CC(c5cc(-c6ccccc6)nc(-c6ccccc6)n5)=CCC=C4)C3)cc21. The van der Waals surface area contributed by atoms with Gasteiger partial charge >= 0.3 is 0 Å². The topological polar surface area (TPSA) is 35.6 Å². The van der Waals surface area contributed by atoms with Crippen molar-refractivity contribution in [3.8, 4) is 39.5 Å². The van der Waals surface area contributed by atoms with Gasteiger partial charge in [0.05, 0.1) is 22.4 Å². The van der Waals surface area contributed by atoms with E-state index in [1.54, 1.807) is 0 Å². The molecule has 0 saturated heterocycles. The molecule has 9 aromatic rings. The lowest BCUT2D eigenvalue weighted by Crippen LogP contribution is -2.25. The summed E-state index contributed by atoms with van der Waals surface area (Å²) in [5, 5.41) is 2.61. The average Bonchev–Trinajstić information content (AvgIpc) is 3.75. The van der Waals surface area contributed by atoms with Crippen LogP contribution in [0.2, 0.25) is 0 Å². The molecule has 4 nitrogen and oxygen atoms in total. The maximum absolute atomic E-state index is 5.22. The van der Waals surface area contributed by atoms with Gasteiger partial charge in [-0.05, 0) is 102 Å². The fourth-order valence-corrected chi connectivity index (χ4v) is 10.5. The molecule has 3 aromatic heterocycles. The molecule has 12 rings (SSSR count). The Morgan fingerprint density at radius 1 is 0.585 bits per heavy atom. The molecule has 0 spiro atoms. The van der Waals surface area contributed by atoms with Gasteiger partial charge in [0.15, 0.2) is 5.82 Å². The van der Waals surface area contributed by atoms with Crippen LogP contribution in [0.25, 0.3) is 84.7 Å². The summed E-state index contributed by atoms with van der Waals surface area (Å²) in [5.74, 6) is 1.12. The Labute approximate surface area is 380 Å². The van der Waals surface area contributed by atoms with Crippen LogP contribution in [0.5, 0.6) is 0 Å². The van der Waals surface area contributed by atoms with Crippen LogP contribution < -0.4 is 0 Å². The van der Waals surface area contributed by atoms with Crippen molar-refractivity contribution in [2.45, 2.75) is 44.4 Å². The lowest BCUT2D eigenvalue weighted by atomic mass is 9.73. The third-order valence-corrected chi connectivity index (χ3v) is 13.8.